The Balaban J connectivity index is 2.82. The predicted molar refractivity (Wildman–Crippen MR) is 41.7 cm³/mol. The molecular weight excluding hydrogens is 142 g/mol. The number of nitrogens with two attached hydrogens (primary N) is 1. The van der Waals surface area contributed by atoms with Gasteiger partial charge in [-0.25, -0.2) is 4.79 Å². The highest BCUT2D eigenvalue weighted by Gasteiger charge is 2.03. The maximum absolute atomic E-state index is 10.4. The molecule has 11 heavy (non-hydrogen) atoms. The molecule has 0 saturated carbocycles. The summed E-state index contributed by atoms with van der Waals surface area (Å²) in [6.45, 7) is 0. The minimum atomic E-state index is -0.913. The van der Waals surface area contributed by atoms with Crippen molar-refractivity contribution in [2.75, 3.05) is 0 Å². The Morgan fingerprint density at radius 1 is 1.45 bits per heavy atom. The van der Waals surface area contributed by atoms with Crippen LogP contribution in [0.1, 0.15) is 6.42 Å². The molecule has 0 heterocycles. The topological polar surface area (TPSA) is 63.3 Å². The van der Waals surface area contributed by atoms with Gasteiger partial charge in [0.1, 0.15) is 0 Å². The maximum atomic E-state index is 10.4. The van der Waals surface area contributed by atoms with Crippen molar-refractivity contribution in [2.45, 2.75) is 6.42 Å². The zero-order valence-electron chi connectivity index (χ0n) is 5.95. The van der Waals surface area contributed by atoms with Crippen LogP contribution >= 0.6 is 0 Å². The molecular formula is C8H9NO2. The highest BCUT2D eigenvalue weighted by atomic mass is 16.4. The molecule has 58 valence electrons. The van der Waals surface area contributed by atoms with Crippen molar-refractivity contribution < 1.29 is 9.90 Å². The first kappa shape index (κ1) is 7.60. The number of carbonyl (C=O) groups is 1. The van der Waals surface area contributed by atoms with Crippen molar-refractivity contribution in [3.8, 4) is 0 Å². The average molecular weight is 151 g/mol. The van der Waals surface area contributed by atoms with Gasteiger partial charge >= 0.3 is 5.97 Å². The van der Waals surface area contributed by atoms with E-state index in [1.807, 2.05) is 0 Å². The Hall–Kier alpha value is -1.51. The van der Waals surface area contributed by atoms with Crippen LogP contribution < -0.4 is 5.73 Å². The summed E-state index contributed by atoms with van der Waals surface area (Å²) < 4.78 is 0. The van der Waals surface area contributed by atoms with Gasteiger partial charge in [0.25, 0.3) is 0 Å². The van der Waals surface area contributed by atoms with E-state index in [0.29, 0.717) is 17.7 Å². The Bertz CT molecular complexity index is 261. The van der Waals surface area contributed by atoms with E-state index < -0.39 is 5.97 Å². The highest BCUT2D eigenvalue weighted by molar-refractivity contribution is 5.90. The molecule has 3 nitrogen and oxygen atoms in total. The lowest BCUT2D eigenvalue weighted by Gasteiger charge is -1.89. The minimum absolute atomic E-state index is 0.293. The van der Waals surface area contributed by atoms with Crippen LogP contribution in [0.3, 0.4) is 0 Å². The Kier molecular flexibility index (Phi) is 2.11. The summed E-state index contributed by atoms with van der Waals surface area (Å²) in [5.74, 6) is -0.913. The van der Waals surface area contributed by atoms with Crippen LogP contribution in [-0.4, -0.2) is 11.1 Å². The lowest BCUT2D eigenvalue weighted by molar-refractivity contribution is -0.132. The van der Waals surface area contributed by atoms with E-state index in [2.05, 4.69) is 0 Å². The number of rotatable bonds is 1. The lowest BCUT2D eigenvalue weighted by atomic mass is 10.2. The Labute approximate surface area is 64.5 Å². The molecule has 1 rings (SSSR count). The summed E-state index contributed by atoms with van der Waals surface area (Å²) in [7, 11) is 0. The average Bonchev–Trinajstić information content (AvgIpc) is 2.13. The molecule has 0 amide bonds. The fourth-order valence-corrected chi connectivity index (χ4v) is 0.803. The number of hydrogen-bond donors (Lipinski definition) is 2. The van der Waals surface area contributed by atoms with Crippen molar-refractivity contribution in [1.29, 1.82) is 0 Å². The van der Waals surface area contributed by atoms with Crippen LogP contribution in [0.5, 0.6) is 0 Å². The molecule has 0 radical (unpaired) electrons. The van der Waals surface area contributed by atoms with Gasteiger partial charge in [-0.05, 0) is 18.6 Å². The van der Waals surface area contributed by atoms with E-state index in [1.165, 1.54) is 6.08 Å². The van der Waals surface area contributed by atoms with Gasteiger partial charge in [0.05, 0.1) is 5.57 Å². The molecule has 1 aliphatic rings. The van der Waals surface area contributed by atoms with Gasteiger partial charge in [0, 0.05) is 5.70 Å². The third kappa shape index (κ3) is 1.97. The molecule has 0 bridgehead atoms. The van der Waals surface area contributed by atoms with Gasteiger partial charge in [0.2, 0.25) is 0 Å². The van der Waals surface area contributed by atoms with Crippen LogP contribution in [0.2, 0.25) is 0 Å². The molecule has 3 N–H and O–H groups in total. The molecule has 0 saturated heterocycles. The zero-order chi connectivity index (χ0) is 8.27. The summed E-state index contributed by atoms with van der Waals surface area (Å²) in [5, 5.41) is 8.57. The standard InChI is InChI=1S/C8H9NO2/c9-7-3-1-2-6(4-5-7)8(10)11/h2-5H,1,9H2,(H,10,11). The molecule has 0 spiro atoms. The molecule has 0 aromatic carbocycles. The number of hydrogen-bond acceptors (Lipinski definition) is 2. The van der Waals surface area contributed by atoms with Crippen molar-refractivity contribution in [2.24, 2.45) is 5.73 Å². The summed E-state index contributed by atoms with van der Waals surface area (Å²) in [6, 6.07) is 0. The van der Waals surface area contributed by atoms with Gasteiger partial charge in [-0.3, -0.25) is 0 Å². The third-order valence-corrected chi connectivity index (χ3v) is 1.39. The number of carboxylic acid groups (broad SMARTS) is 1. The molecule has 0 atom stereocenters. The van der Waals surface area contributed by atoms with Gasteiger partial charge in [-0.1, -0.05) is 12.2 Å². The molecule has 0 fully saturated rings. The molecule has 3 heteroatoms. The normalized spacial score (nSPS) is 16.7. The van der Waals surface area contributed by atoms with Gasteiger partial charge in [0.15, 0.2) is 0 Å². The van der Waals surface area contributed by atoms with E-state index in [0.717, 1.165) is 0 Å². The first-order valence-electron chi connectivity index (χ1n) is 3.27. The first-order chi connectivity index (χ1) is 5.20. The van der Waals surface area contributed by atoms with Crippen molar-refractivity contribution in [3.05, 3.63) is 35.6 Å². The highest BCUT2D eigenvalue weighted by Crippen LogP contribution is 2.06. The summed E-state index contributed by atoms with van der Waals surface area (Å²) in [4.78, 5) is 10.4. The van der Waals surface area contributed by atoms with Crippen molar-refractivity contribution in [3.63, 3.8) is 0 Å². The van der Waals surface area contributed by atoms with Gasteiger partial charge in [-0.2, -0.15) is 0 Å². The second-order valence-electron chi connectivity index (χ2n) is 2.24. The summed E-state index contributed by atoms with van der Waals surface area (Å²) in [5.41, 5.74) is 6.35. The second-order valence-corrected chi connectivity index (χ2v) is 2.24. The SMILES string of the molecule is NC1=CCC=C(C(=O)O)C=C1. The largest absolute Gasteiger partial charge is 0.478 e. The van der Waals surface area contributed by atoms with Crippen LogP contribution in [-0.2, 0) is 4.79 Å². The van der Waals surface area contributed by atoms with E-state index in [1.54, 1.807) is 18.2 Å². The monoisotopic (exact) mass is 151 g/mol. The van der Waals surface area contributed by atoms with E-state index in [9.17, 15) is 4.79 Å². The Morgan fingerprint density at radius 2 is 2.18 bits per heavy atom. The summed E-state index contributed by atoms with van der Waals surface area (Å²) >= 11 is 0. The third-order valence-electron chi connectivity index (χ3n) is 1.39. The summed E-state index contributed by atoms with van der Waals surface area (Å²) in [6.07, 6.45) is 7.07. The fourth-order valence-electron chi connectivity index (χ4n) is 0.803. The molecule has 1 aliphatic carbocycles. The van der Waals surface area contributed by atoms with Crippen molar-refractivity contribution >= 4 is 5.97 Å². The number of aliphatic carboxylic acids is 1. The first-order valence-corrected chi connectivity index (χ1v) is 3.27. The molecule has 0 unspecified atom stereocenters. The fraction of sp³-hybridized carbons (Fsp3) is 0.125. The number of carboxylic acids is 1. The van der Waals surface area contributed by atoms with E-state index in [-0.39, 0.29) is 0 Å². The quantitative estimate of drug-likeness (QED) is 0.582. The van der Waals surface area contributed by atoms with E-state index in [4.69, 9.17) is 10.8 Å². The number of allylic oxidation sites excluding steroid dienone is 3. The van der Waals surface area contributed by atoms with Crippen LogP contribution in [0.25, 0.3) is 0 Å². The van der Waals surface area contributed by atoms with Gasteiger partial charge in [-0.15, -0.1) is 0 Å². The molecule has 0 aliphatic heterocycles. The smallest absolute Gasteiger partial charge is 0.335 e. The van der Waals surface area contributed by atoms with Crippen LogP contribution in [0.15, 0.2) is 35.6 Å². The van der Waals surface area contributed by atoms with Crippen molar-refractivity contribution in [1.82, 2.24) is 0 Å². The van der Waals surface area contributed by atoms with E-state index >= 15 is 0 Å². The molecule has 0 aromatic rings. The maximum Gasteiger partial charge on any atom is 0.335 e. The minimum Gasteiger partial charge on any atom is -0.478 e. The Morgan fingerprint density at radius 3 is 2.82 bits per heavy atom. The van der Waals surface area contributed by atoms with Crippen LogP contribution in [0.4, 0.5) is 0 Å². The lowest BCUT2D eigenvalue weighted by Crippen LogP contribution is -1.96. The van der Waals surface area contributed by atoms with Gasteiger partial charge < -0.3 is 10.8 Å². The second kappa shape index (κ2) is 3.05. The van der Waals surface area contributed by atoms with Crippen LogP contribution in [0, 0.1) is 0 Å². The molecule has 0 aromatic heterocycles. The predicted octanol–water partition coefficient (Wildman–Crippen LogP) is 0.800. The zero-order valence-corrected chi connectivity index (χ0v) is 5.95.